The number of rotatable bonds is 6. The predicted octanol–water partition coefficient (Wildman–Crippen LogP) is 3.82. The molecule has 0 unspecified atom stereocenters. The lowest BCUT2D eigenvalue weighted by Gasteiger charge is -2.34. The summed E-state index contributed by atoms with van der Waals surface area (Å²) in [4.78, 5) is 14.3. The third kappa shape index (κ3) is 6.07. The molecular formula is C18H28ClN3O3S2. The number of amides is 2. The molecule has 0 aromatic carbocycles. The Morgan fingerprint density at radius 3 is 2.48 bits per heavy atom. The lowest BCUT2D eigenvalue weighted by Crippen LogP contribution is -2.48. The van der Waals surface area contributed by atoms with Gasteiger partial charge in [-0.1, -0.05) is 30.9 Å². The monoisotopic (exact) mass is 433 g/mol. The Bertz CT molecular complexity index is 724. The minimum atomic E-state index is -3.47. The molecule has 6 nitrogen and oxygen atoms in total. The zero-order chi connectivity index (χ0) is 19.3. The number of likely N-dealkylation sites (tertiary alicyclic amines) is 1. The van der Waals surface area contributed by atoms with Crippen LogP contribution in [0.4, 0.5) is 4.79 Å². The average molecular weight is 434 g/mol. The number of hydrogen-bond acceptors (Lipinski definition) is 4. The van der Waals surface area contributed by atoms with Gasteiger partial charge in [-0.2, -0.15) is 0 Å². The highest BCUT2D eigenvalue weighted by molar-refractivity contribution is 7.91. The van der Waals surface area contributed by atoms with Crippen LogP contribution in [0.25, 0.3) is 0 Å². The summed E-state index contributed by atoms with van der Waals surface area (Å²) in [5.74, 6) is 0.443. The van der Waals surface area contributed by atoms with Gasteiger partial charge in [-0.3, -0.25) is 0 Å². The van der Waals surface area contributed by atoms with Crippen LogP contribution in [-0.2, 0) is 10.0 Å². The van der Waals surface area contributed by atoms with Crippen molar-refractivity contribution in [2.24, 2.45) is 5.92 Å². The van der Waals surface area contributed by atoms with E-state index < -0.39 is 10.0 Å². The van der Waals surface area contributed by atoms with E-state index in [1.807, 2.05) is 4.90 Å². The molecule has 2 heterocycles. The van der Waals surface area contributed by atoms with E-state index in [4.69, 9.17) is 11.6 Å². The molecule has 1 saturated carbocycles. The van der Waals surface area contributed by atoms with Crippen molar-refractivity contribution in [3.8, 4) is 0 Å². The van der Waals surface area contributed by atoms with E-state index in [2.05, 4.69) is 10.0 Å². The number of carbonyl (C=O) groups excluding carboxylic acids is 1. The second-order valence-electron chi connectivity index (χ2n) is 7.46. The maximum absolute atomic E-state index is 12.4. The van der Waals surface area contributed by atoms with E-state index in [1.54, 1.807) is 6.07 Å². The Labute approximate surface area is 170 Å². The van der Waals surface area contributed by atoms with Crippen molar-refractivity contribution in [2.45, 2.75) is 61.6 Å². The van der Waals surface area contributed by atoms with Crippen LogP contribution in [0.5, 0.6) is 0 Å². The summed E-state index contributed by atoms with van der Waals surface area (Å²) in [7, 11) is -3.47. The van der Waals surface area contributed by atoms with Crippen molar-refractivity contribution < 1.29 is 13.2 Å². The first-order valence-electron chi connectivity index (χ1n) is 9.74. The third-order valence-electron chi connectivity index (χ3n) is 5.49. The number of nitrogens with one attached hydrogen (secondary N) is 2. The Morgan fingerprint density at radius 1 is 1.15 bits per heavy atom. The van der Waals surface area contributed by atoms with Gasteiger partial charge in [0.2, 0.25) is 10.0 Å². The maximum atomic E-state index is 12.4. The number of sulfonamides is 1. The highest BCUT2D eigenvalue weighted by Gasteiger charge is 2.25. The summed E-state index contributed by atoms with van der Waals surface area (Å²) in [6.07, 6.45) is 8.52. The molecule has 1 aliphatic heterocycles. The fourth-order valence-electron chi connectivity index (χ4n) is 3.85. The summed E-state index contributed by atoms with van der Waals surface area (Å²) in [5, 5.41) is 3.17. The summed E-state index contributed by atoms with van der Waals surface area (Å²) >= 11 is 6.87. The fourth-order valence-corrected chi connectivity index (χ4v) is 6.42. The van der Waals surface area contributed by atoms with Crippen molar-refractivity contribution in [1.82, 2.24) is 14.9 Å². The first kappa shape index (κ1) is 20.9. The molecule has 2 amide bonds. The van der Waals surface area contributed by atoms with Crippen LogP contribution in [0.1, 0.15) is 51.4 Å². The van der Waals surface area contributed by atoms with Crippen molar-refractivity contribution in [2.75, 3.05) is 19.6 Å². The van der Waals surface area contributed by atoms with Crippen LogP contribution in [0, 0.1) is 5.92 Å². The molecule has 0 bridgehead atoms. The quantitative estimate of drug-likeness (QED) is 0.715. The molecule has 1 aliphatic carbocycles. The maximum Gasteiger partial charge on any atom is 0.317 e. The zero-order valence-electron chi connectivity index (χ0n) is 15.5. The van der Waals surface area contributed by atoms with E-state index >= 15 is 0 Å². The van der Waals surface area contributed by atoms with E-state index in [9.17, 15) is 13.2 Å². The second-order valence-corrected chi connectivity index (χ2v) is 11.2. The number of piperidine rings is 1. The van der Waals surface area contributed by atoms with Crippen molar-refractivity contribution >= 4 is 39.0 Å². The van der Waals surface area contributed by atoms with Gasteiger partial charge in [-0.15, -0.1) is 11.3 Å². The van der Waals surface area contributed by atoms with Crippen molar-refractivity contribution in [3.63, 3.8) is 0 Å². The van der Waals surface area contributed by atoms with Crippen LogP contribution in [-0.4, -0.2) is 45.0 Å². The SMILES string of the molecule is O=C(NC1CCCCC1)N1CCC(CCNS(=O)(=O)c2ccc(Cl)s2)CC1. The topological polar surface area (TPSA) is 78.5 Å². The molecular weight excluding hydrogens is 406 g/mol. The molecule has 2 fully saturated rings. The zero-order valence-corrected chi connectivity index (χ0v) is 17.8. The highest BCUT2D eigenvalue weighted by Crippen LogP contribution is 2.26. The van der Waals surface area contributed by atoms with Gasteiger partial charge in [0.05, 0.1) is 4.34 Å². The van der Waals surface area contributed by atoms with Crippen molar-refractivity contribution in [1.29, 1.82) is 0 Å². The molecule has 2 N–H and O–H groups in total. The standard InChI is InChI=1S/C18H28ClN3O3S2/c19-16-6-7-17(26-16)27(24,25)20-11-8-14-9-12-22(13-10-14)18(23)21-15-4-2-1-3-5-15/h6-7,14-15,20H,1-5,8-13H2,(H,21,23). The fraction of sp³-hybridized carbons (Fsp3) is 0.722. The van der Waals surface area contributed by atoms with Gasteiger partial charge in [0, 0.05) is 25.7 Å². The minimum Gasteiger partial charge on any atom is -0.335 e. The Hall–Kier alpha value is -0.830. The van der Waals surface area contributed by atoms with E-state index in [1.165, 1.54) is 25.3 Å². The molecule has 9 heteroatoms. The molecule has 0 radical (unpaired) electrons. The lowest BCUT2D eigenvalue weighted by atomic mass is 9.93. The van der Waals surface area contributed by atoms with Gasteiger partial charge in [0.25, 0.3) is 0 Å². The largest absolute Gasteiger partial charge is 0.335 e. The molecule has 27 heavy (non-hydrogen) atoms. The number of urea groups is 1. The van der Waals surface area contributed by atoms with Crippen LogP contribution in [0.15, 0.2) is 16.3 Å². The van der Waals surface area contributed by atoms with Crippen LogP contribution in [0.2, 0.25) is 4.34 Å². The lowest BCUT2D eigenvalue weighted by molar-refractivity contribution is 0.162. The summed E-state index contributed by atoms with van der Waals surface area (Å²) in [6.45, 7) is 1.91. The van der Waals surface area contributed by atoms with Gasteiger partial charge in [-0.05, 0) is 50.2 Å². The van der Waals surface area contributed by atoms with Crippen LogP contribution >= 0.6 is 22.9 Å². The minimum absolute atomic E-state index is 0.0654. The van der Waals surface area contributed by atoms with Gasteiger partial charge in [0.1, 0.15) is 4.21 Å². The number of nitrogens with zero attached hydrogens (tertiary/aromatic N) is 1. The molecule has 1 aromatic rings. The van der Waals surface area contributed by atoms with Gasteiger partial charge in [0.15, 0.2) is 0 Å². The molecule has 2 aliphatic rings. The first-order valence-corrected chi connectivity index (χ1v) is 12.4. The summed E-state index contributed by atoms with van der Waals surface area (Å²) < 4.78 is 27.8. The molecule has 152 valence electrons. The Balaban J connectivity index is 1.36. The molecule has 3 rings (SSSR count). The second kappa shape index (κ2) is 9.58. The van der Waals surface area contributed by atoms with Gasteiger partial charge >= 0.3 is 6.03 Å². The smallest absolute Gasteiger partial charge is 0.317 e. The average Bonchev–Trinajstić information content (AvgIpc) is 3.10. The highest BCUT2D eigenvalue weighted by atomic mass is 35.5. The number of hydrogen-bond donors (Lipinski definition) is 2. The van der Waals surface area contributed by atoms with E-state index in [0.29, 0.717) is 22.8 Å². The normalized spacial score (nSPS) is 20.0. The Morgan fingerprint density at radius 2 is 1.85 bits per heavy atom. The predicted molar refractivity (Wildman–Crippen MR) is 109 cm³/mol. The van der Waals surface area contributed by atoms with E-state index in [0.717, 1.165) is 56.5 Å². The first-order chi connectivity index (χ1) is 12.9. The van der Waals surface area contributed by atoms with E-state index in [-0.39, 0.29) is 10.2 Å². The van der Waals surface area contributed by atoms with Gasteiger partial charge < -0.3 is 10.2 Å². The molecule has 0 atom stereocenters. The molecule has 0 spiro atoms. The number of thiophene rings is 1. The van der Waals surface area contributed by atoms with Gasteiger partial charge in [-0.25, -0.2) is 17.9 Å². The summed E-state index contributed by atoms with van der Waals surface area (Å²) in [6, 6.07) is 3.52. The Kier molecular flexibility index (Phi) is 7.42. The third-order valence-corrected chi connectivity index (χ3v) is 8.68. The van der Waals surface area contributed by atoms with Crippen LogP contribution < -0.4 is 10.0 Å². The molecule has 1 saturated heterocycles. The number of carbonyl (C=O) groups is 1. The van der Waals surface area contributed by atoms with Crippen molar-refractivity contribution in [3.05, 3.63) is 16.5 Å². The van der Waals surface area contributed by atoms with Crippen LogP contribution in [0.3, 0.4) is 0 Å². The summed E-state index contributed by atoms with van der Waals surface area (Å²) in [5.41, 5.74) is 0. The molecule has 1 aromatic heterocycles. The number of halogens is 1.